The van der Waals surface area contributed by atoms with E-state index in [0.717, 1.165) is 21.7 Å². The van der Waals surface area contributed by atoms with Crippen molar-refractivity contribution in [2.45, 2.75) is 57.8 Å². The molecule has 32 heavy (non-hydrogen) atoms. The second-order valence-corrected chi connectivity index (χ2v) is 9.90. The van der Waals surface area contributed by atoms with Crippen LogP contribution in [0.25, 0.3) is 0 Å². The molecule has 1 aromatic heterocycles. The van der Waals surface area contributed by atoms with Crippen LogP contribution in [0.4, 0.5) is 5.69 Å². The summed E-state index contributed by atoms with van der Waals surface area (Å²) in [4.78, 5) is 12.4. The first-order chi connectivity index (χ1) is 15.3. The van der Waals surface area contributed by atoms with E-state index in [4.69, 9.17) is 4.74 Å². The van der Waals surface area contributed by atoms with Gasteiger partial charge in [-0.1, -0.05) is 49.9 Å². The summed E-state index contributed by atoms with van der Waals surface area (Å²) >= 11 is 4.81. The van der Waals surface area contributed by atoms with Crippen molar-refractivity contribution in [3.8, 4) is 5.75 Å². The Hall–Kier alpha value is -2.32. The van der Waals surface area contributed by atoms with Crippen molar-refractivity contribution < 1.29 is 9.53 Å². The van der Waals surface area contributed by atoms with Crippen LogP contribution in [-0.4, -0.2) is 26.4 Å². The summed E-state index contributed by atoms with van der Waals surface area (Å²) in [7, 11) is 0. The fourth-order valence-electron chi connectivity index (χ4n) is 3.22. The zero-order chi connectivity index (χ0) is 23.3. The highest BCUT2D eigenvalue weighted by atomic mass is 79.9. The maximum atomic E-state index is 12.4. The van der Waals surface area contributed by atoms with E-state index < -0.39 is 0 Å². The number of para-hydroxylation sites is 1. The lowest BCUT2D eigenvalue weighted by molar-refractivity contribution is -0.113. The molecule has 0 aliphatic rings. The van der Waals surface area contributed by atoms with E-state index in [0.29, 0.717) is 11.1 Å². The molecule has 2 aromatic carbocycles. The number of carbonyl (C=O) groups excluding carboxylic acids is 1. The normalized spacial score (nSPS) is 12.2. The van der Waals surface area contributed by atoms with Crippen molar-refractivity contribution >= 4 is 39.3 Å². The van der Waals surface area contributed by atoms with Crippen molar-refractivity contribution in [2.75, 3.05) is 11.1 Å². The molecule has 0 bridgehead atoms. The first kappa shape index (κ1) is 24.3. The molecule has 0 radical (unpaired) electrons. The summed E-state index contributed by atoms with van der Waals surface area (Å²) < 4.78 is 9.02. The predicted octanol–water partition coefficient (Wildman–Crippen LogP) is 6.62. The van der Waals surface area contributed by atoms with Gasteiger partial charge >= 0.3 is 0 Å². The Morgan fingerprint density at radius 2 is 1.75 bits per heavy atom. The summed E-state index contributed by atoms with van der Waals surface area (Å²) in [6.45, 7) is 10.4. The fraction of sp³-hybridized carbons (Fsp3) is 0.375. The number of hydrogen-bond donors (Lipinski definition) is 1. The second-order valence-electron chi connectivity index (χ2n) is 8.11. The van der Waals surface area contributed by atoms with Gasteiger partial charge in [0, 0.05) is 10.5 Å². The van der Waals surface area contributed by atoms with Gasteiger partial charge in [0.15, 0.2) is 17.1 Å². The Kier molecular flexibility index (Phi) is 8.37. The smallest absolute Gasteiger partial charge is 0.234 e. The fourth-order valence-corrected chi connectivity index (χ4v) is 4.47. The number of carbonyl (C=O) groups is 1. The van der Waals surface area contributed by atoms with Crippen LogP contribution in [0.1, 0.15) is 64.1 Å². The molecule has 8 heteroatoms. The van der Waals surface area contributed by atoms with Crippen LogP contribution < -0.4 is 10.1 Å². The van der Waals surface area contributed by atoms with Crippen LogP contribution in [0.2, 0.25) is 0 Å². The molecule has 170 valence electrons. The van der Waals surface area contributed by atoms with Gasteiger partial charge < -0.3 is 14.6 Å². The molecule has 1 amide bonds. The molecule has 1 heterocycles. The number of nitrogens with one attached hydrogen (secondary N) is 1. The van der Waals surface area contributed by atoms with Crippen LogP contribution in [0.15, 0.2) is 58.2 Å². The van der Waals surface area contributed by atoms with Crippen LogP contribution in [0, 0.1) is 0 Å². The molecule has 1 unspecified atom stereocenters. The van der Waals surface area contributed by atoms with Crippen LogP contribution >= 0.6 is 27.7 Å². The zero-order valence-electron chi connectivity index (χ0n) is 19.0. The third-order valence-electron chi connectivity index (χ3n) is 4.91. The van der Waals surface area contributed by atoms with Gasteiger partial charge in [-0.3, -0.25) is 4.79 Å². The predicted molar refractivity (Wildman–Crippen MR) is 133 cm³/mol. The van der Waals surface area contributed by atoms with Gasteiger partial charge in [0.1, 0.15) is 5.75 Å². The van der Waals surface area contributed by atoms with Gasteiger partial charge in [-0.2, -0.15) is 0 Å². The average Bonchev–Trinajstić information content (AvgIpc) is 3.19. The van der Waals surface area contributed by atoms with E-state index in [2.05, 4.69) is 71.3 Å². The van der Waals surface area contributed by atoms with Gasteiger partial charge in [-0.05, 0) is 72.4 Å². The first-order valence-corrected chi connectivity index (χ1v) is 12.4. The lowest BCUT2D eigenvalue weighted by atomic mass is 10.0. The topological polar surface area (TPSA) is 69.0 Å². The molecule has 0 saturated carbocycles. The Labute approximate surface area is 202 Å². The molecule has 0 spiro atoms. The van der Waals surface area contributed by atoms with E-state index >= 15 is 0 Å². The Morgan fingerprint density at radius 1 is 1.06 bits per heavy atom. The highest BCUT2D eigenvalue weighted by Gasteiger charge is 2.22. The van der Waals surface area contributed by atoms with E-state index in [1.165, 1.54) is 17.3 Å². The molecule has 3 rings (SSSR count). The van der Waals surface area contributed by atoms with Gasteiger partial charge in [0.2, 0.25) is 5.91 Å². The molecular formula is C24H29BrN4O2S. The number of benzene rings is 2. The first-order valence-electron chi connectivity index (χ1n) is 10.6. The number of nitrogens with zero attached hydrogens (tertiary/aromatic N) is 3. The summed E-state index contributed by atoms with van der Waals surface area (Å²) in [6.07, 6.45) is -0.279. The van der Waals surface area contributed by atoms with E-state index in [1.54, 1.807) is 0 Å². The number of anilines is 1. The van der Waals surface area contributed by atoms with Gasteiger partial charge in [-0.25, -0.2) is 0 Å². The molecule has 0 fully saturated rings. The summed E-state index contributed by atoms with van der Waals surface area (Å²) in [6, 6.07) is 15.8. The Morgan fingerprint density at radius 3 is 2.38 bits per heavy atom. The number of rotatable bonds is 9. The van der Waals surface area contributed by atoms with E-state index in [9.17, 15) is 4.79 Å². The van der Waals surface area contributed by atoms with Crippen molar-refractivity contribution in [1.82, 2.24) is 14.8 Å². The summed E-state index contributed by atoms with van der Waals surface area (Å²) in [5.74, 6) is 2.14. The van der Waals surface area contributed by atoms with E-state index in [-0.39, 0.29) is 23.8 Å². The maximum absolute atomic E-state index is 12.4. The minimum Gasteiger partial charge on any atom is -0.483 e. The third kappa shape index (κ3) is 6.13. The molecule has 1 atom stereocenters. The Balaban J connectivity index is 1.67. The molecular weight excluding hydrogens is 488 g/mol. The lowest BCUT2D eigenvalue weighted by Gasteiger charge is -2.19. The number of thioether (sulfide) groups is 1. The number of amides is 1. The number of aromatic nitrogens is 3. The monoisotopic (exact) mass is 516 g/mol. The van der Waals surface area contributed by atoms with Crippen molar-refractivity contribution in [3.63, 3.8) is 0 Å². The summed E-state index contributed by atoms with van der Waals surface area (Å²) in [5, 5.41) is 12.3. The lowest BCUT2D eigenvalue weighted by Crippen LogP contribution is -2.16. The SMILES string of the molecule is CC(C)c1ccc(OC(C)c2nnc(SCC(=O)Nc3ccccc3Br)n2C(C)C)cc1. The van der Waals surface area contributed by atoms with Gasteiger partial charge in [-0.15, -0.1) is 10.2 Å². The van der Waals surface area contributed by atoms with Gasteiger partial charge in [0.25, 0.3) is 0 Å². The maximum Gasteiger partial charge on any atom is 0.234 e. The summed E-state index contributed by atoms with van der Waals surface area (Å²) in [5.41, 5.74) is 2.02. The zero-order valence-corrected chi connectivity index (χ0v) is 21.4. The highest BCUT2D eigenvalue weighted by Crippen LogP contribution is 2.29. The highest BCUT2D eigenvalue weighted by molar-refractivity contribution is 9.10. The largest absolute Gasteiger partial charge is 0.483 e. The van der Waals surface area contributed by atoms with Crippen LogP contribution in [0.5, 0.6) is 5.75 Å². The van der Waals surface area contributed by atoms with Gasteiger partial charge in [0.05, 0.1) is 11.4 Å². The minimum atomic E-state index is -0.279. The standard InChI is InChI=1S/C24H29BrN4O2S/c1-15(2)18-10-12-19(13-11-18)31-17(5)23-27-28-24(29(23)16(3)4)32-14-22(30)26-21-9-7-6-8-20(21)25/h6-13,15-17H,14H2,1-5H3,(H,26,30). The van der Waals surface area contributed by atoms with Crippen molar-refractivity contribution in [1.29, 1.82) is 0 Å². The number of ether oxygens (including phenoxy) is 1. The average molecular weight is 517 g/mol. The quantitative estimate of drug-likeness (QED) is 0.323. The van der Waals surface area contributed by atoms with Crippen molar-refractivity contribution in [3.05, 3.63) is 64.4 Å². The minimum absolute atomic E-state index is 0.101. The number of halogens is 1. The Bertz CT molecular complexity index is 1050. The van der Waals surface area contributed by atoms with Crippen LogP contribution in [0.3, 0.4) is 0 Å². The number of hydrogen-bond acceptors (Lipinski definition) is 5. The van der Waals surface area contributed by atoms with E-state index in [1.807, 2.05) is 47.9 Å². The molecule has 0 aliphatic carbocycles. The third-order valence-corrected chi connectivity index (χ3v) is 6.55. The molecule has 1 N–H and O–H groups in total. The molecule has 0 aliphatic heterocycles. The van der Waals surface area contributed by atoms with Crippen LogP contribution in [-0.2, 0) is 4.79 Å². The van der Waals surface area contributed by atoms with Crippen molar-refractivity contribution in [2.24, 2.45) is 0 Å². The second kappa shape index (κ2) is 11.0. The molecule has 3 aromatic rings. The molecule has 6 nitrogen and oxygen atoms in total. The molecule has 0 saturated heterocycles.